The van der Waals surface area contributed by atoms with Crippen LogP contribution in [0.3, 0.4) is 0 Å². The van der Waals surface area contributed by atoms with Gasteiger partial charge in [0.25, 0.3) is 10.0 Å². The number of fused-ring (bicyclic) bond motifs is 1. The summed E-state index contributed by atoms with van der Waals surface area (Å²) in [5.41, 5.74) is 4.72. The third kappa shape index (κ3) is 5.07. The highest BCUT2D eigenvalue weighted by Crippen LogP contribution is 2.30. The molecule has 0 aliphatic carbocycles. The second-order valence-corrected chi connectivity index (χ2v) is 10.2. The normalized spacial score (nSPS) is 11.7. The zero-order chi connectivity index (χ0) is 25.1. The number of aromatic amines is 1. The van der Waals surface area contributed by atoms with Gasteiger partial charge in [-0.1, -0.05) is 30.3 Å². The summed E-state index contributed by atoms with van der Waals surface area (Å²) in [6.07, 6.45) is 1.79. The van der Waals surface area contributed by atoms with Gasteiger partial charge in [0, 0.05) is 24.8 Å². The van der Waals surface area contributed by atoms with Crippen LogP contribution in [0.2, 0.25) is 0 Å². The molecule has 181 valence electrons. The van der Waals surface area contributed by atoms with Gasteiger partial charge in [-0.3, -0.25) is 19.7 Å². The van der Waals surface area contributed by atoms with E-state index >= 15 is 0 Å². The summed E-state index contributed by atoms with van der Waals surface area (Å²) in [5.74, 6) is 0.302. The molecule has 2 aromatic heterocycles. The summed E-state index contributed by atoms with van der Waals surface area (Å²) < 4.78 is 28.5. The lowest BCUT2D eigenvalue weighted by molar-refractivity contribution is 0.316. The molecule has 0 spiro atoms. The molecule has 5 aromatic rings. The number of para-hydroxylation sites is 2. The molecule has 3 aromatic carbocycles. The van der Waals surface area contributed by atoms with Gasteiger partial charge >= 0.3 is 0 Å². The van der Waals surface area contributed by atoms with Gasteiger partial charge in [-0.2, -0.15) is 0 Å². The molecule has 0 amide bonds. The molecule has 5 rings (SSSR count). The van der Waals surface area contributed by atoms with E-state index in [4.69, 9.17) is 4.98 Å². The smallest absolute Gasteiger partial charge is 0.261 e. The Labute approximate surface area is 209 Å². The van der Waals surface area contributed by atoms with Gasteiger partial charge in [0.05, 0.1) is 27.3 Å². The van der Waals surface area contributed by atoms with Crippen molar-refractivity contribution in [1.29, 1.82) is 0 Å². The van der Waals surface area contributed by atoms with Crippen molar-refractivity contribution in [3.63, 3.8) is 0 Å². The van der Waals surface area contributed by atoms with Gasteiger partial charge in [0.1, 0.15) is 5.82 Å². The van der Waals surface area contributed by atoms with Crippen molar-refractivity contribution < 1.29 is 13.5 Å². The Kier molecular flexibility index (Phi) is 6.41. The van der Waals surface area contributed by atoms with E-state index in [1.165, 1.54) is 24.3 Å². The number of nitrogens with zero attached hydrogens (tertiary/aromatic N) is 3. The maximum atomic E-state index is 12.9. The van der Waals surface area contributed by atoms with E-state index < -0.39 is 10.0 Å². The van der Waals surface area contributed by atoms with Crippen molar-refractivity contribution >= 4 is 26.7 Å². The van der Waals surface area contributed by atoms with Gasteiger partial charge in [-0.25, -0.2) is 13.4 Å². The number of rotatable bonds is 8. The van der Waals surface area contributed by atoms with Crippen molar-refractivity contribution in [3.8, 4) is 17.1 Å². The minimum atomic E-state index is -3.89. The Morgan fingerprint density at radius 2 is 1.67 bits per heavy atom. The van der Waals surface area contributed by atoms with Crippen molar-refractivity contribution in [2.75, 3.05) is 11.8 Å². The second-order valence-electron chi connectivity index (χ2n) is 8.51. The first-order valence-electron chi connectivity index (χ1n) is 11.3. The lowest BCUT2D eigenvalue weighted by Crippen LogP contribution is -2.18. The molecule has 9 heteroatoms. The molecule has 0 fully saturated rings. The summed E-state index contributed by atoms with van der Waals surface area (Å²) in [5, 5.41) is 11.4. The molecule has 0 bridgehead atoms. The van der Waals surface area contributed by atoms with Crippen LogP contribution < -0.4 is 4.72 Å². The van der Waals surface area contributed by atoms with Crippen LogP contribution in [-0.4, -0.2) is 35.3 Å². The van der Waals surface area contributed by atoms with E-state index in [0.717, 1.165) is 22.3 Å². The van der Waals surface area contributed by atoms with Crippen molar-refractivity contribution in [1.82, 2.24) is 19.9 Å². The Morgan fingerprint density at radius 3 is 2.44 bits per heavy atom. The van der Waals surface area contributed by atoms with Crippen LogP contribution in [0.5, 0.6) is 5.75 Å². The fourth-order valence-electron chi connectivity index (χ4n) is 4.06. The van der Waals surface area contributed by atoms with Crippen LogP contribution >= 0.6 is 0 Å². The van der Waals surface area contributed by atoms with E-state index in [1.54, 1.807) is 18.3 Å². The number of anilines is 1. The number of benzene rings is 3. The van der Waals surface area contributed by atoms with Crippen LogP contribution in [0, 0.1) is 0 Å². The zero-order valence-electron chi connectivity index (χ0n) is 19.5. The van der Waals surface area contributed by atoms with Gasteiger partial charge < -0.3 is 4.98 Å². The maximum Gasteiger partial charge on any atom is 0.261 e. The first-order chi connectivity index (χ1) is 17.4. The highest BCUT2D eigenvalue weighted by atomic mass is 32.2. The number of sulfonamides is 1. The molecule has 8 nitrogen and oxygen atoms in total. The predicted molar refractivity (Wildman–Crippen MR) is 138 cm³/mol. The third-order valence-corrected chi connectivity index (χ3v) is 7.14. The molecular formula is C27H24N5O3S. The van der Waals surface area contributed by atoms with Crippen LogP contribution in [0.25, 0.3) is 22.4 Å². The lowest BCUT2D eigenvalue weighted by atomic mass is 10.1. The first-order valence-corrected chi connectivity index (χ1v) is 12.8. The number of pyridine rings is 1. The Bertz CT molecular complexity index is 1600. The van der Waals surface area contributed by atoms with Crippen LogP contribution in [0.1, 0.15) is 11.3 Å². The highest BCUT2D eigenvalue weighted by molar-refractivity contribution is 7.92. The van der Waals surface area contributed by atoms with E-state index in [9.17, 15) is 13.5 Å². The SMILES string of the molecule is CN(Cc1ccccn1)Cc1cccc2[nH]c(-c3ccccc3NS(=O)(=O)c3ccc([O])cc3)nc12. The molecule has 0 unspecified atom stereocenters. The number of aromatic nitrogens is 3. The van der Waals surface area contributed by atoms with Gasteiger partial charge in [0.15, 0.2) is 5.75 Å². The third-order valence-electron chi connectivity index (χ3n) is 5.76. The Balaban J connectivity index is 1.44. The quantitative estimate of drug-likeness (QED) is 0.305. The van der Waals surface area contributed by atoms with Crippen LogP contribution in [0.15, 0.2) is 96.0 Å². The number of H-pyrrole nitrogens is 1. The minimum absolute atomic E-state index is 0.0136. The number of hydrogen-bond donors (Lipinski definition) is 2. The molecule has 0 saturated heterocycles. The maximum absolute atomic E-state index is 12.9. The largest absolute Gasteiger partial charge is 0.338 e. The summed E-state index contributed by atoms with van der Waals surface area (Å²) in [7, 11) is -1.86. The number of imidazole rings is 1. The molecule has 36 heavy (non-hydrogen) atoms. The average Bonchev–Trinajstić information content (AvgIpc) is 3.30. The fraction of sp³-hybridized carbons (Fsp3) is 0.111. The number of nitrogens with one attached hydrogen (secondary N) is 2. The first kappa shape index (κ1) is 23.5. The van der Waals surface area contributed by atoms with Gasteiger partial charge in [-0.15, -0.1) is 0 Å². The molecule has 1 radical (unpaired) electrons. The summed E-state index contributed by atoms with van der Waals surface area (Å²) in [6, 6.07) is 23.9. The molecule has 0 atom stereocenters. The Morgan fingerprint density at radius 1 is 0.889 bits per heavy atom. The van der Waals surface area contributed by atoms with E-state index in [2.05, 4.69) is 19.6 Å². The summed E-state index contributed by atoms with van der Waals surface area (Å²) in [4.78, 5) is 14.8. The molecule has 2 N–H and O–H groups in total. The monoisotopic (exact) mass is 498 g/mol. The van der Waals surface area contributed by atoms with Crippen LogP contribution in [0.4, 0.5) is 5.69 Å². The Hall–Kier alpha value is -4.21. The minimum Gasteiger partial charge on any atom is -0.338 e. The van der Waals surface area contributed by atoms with Crippen molar-refractivity contribution in [2.45, 2.75) is 18.0 Å². The number of hydrogen-bond acceptors (Lipinski definition) is 5. The summed E-state index contributed by atoms with van der Waals surface area (Å²) >= 11 is 0. The van der Waals surface area contributed by atoms with Gasteiger partial charge in [0.2, 0.25) is 0 Å². The fourth-order valence-corrected chi connectivity index (χ4v) is 5.14. The second kappa shape index (κ2) is 9.80. The zero-order valence-corrected chi connectivity index (χ0v) is 20.4. The molecule has 2 heterocycles. The standard InChI is InChI=1S/C27H24N5O3S/c1-32(18-20-8-4-5-16-28-20)17-19-7-6-11-25-26(19)30-27(29-25)23-9-2-3-10-24(23)31-36(34,35)22-14-12-21(33)13-15-22/h2-16,31H,17-18H2,1H3,(H,29,30). The van der Waals surface area contributed by atoms with E-state index in [1.807, 2.05) is 55.6 Å². The highest BCUT2D eigenvalue weighted by Gasteiger charge is 2.19. The molecule has 0 aliphatic rings. The predicted octanol–water partition coefficient (Wildman–Crippen LogP) is 5.20. The summed E-state index contributed by atoms with van der Waals surface area (Å²) in [6.45, 7) is 1.37. The molecule has 0 saturated carbocycles. The topological polar surface area (TPSA) is 111 Å². The van der Waals surface area contributed by atoms with Gasteiger partial charge in [-0.05, 0) is 67.2 Å². The van der Waals surface area contributed by atoms with Crippen molar-refractivity contribution in [3.05, 3.63) is 102 Å². The molecule has 0 aliphatic heterocycles. The van der Waals surface area contributed by atoms with E-state index in [0.29, 0.717) is 30.2 Å². The van der Waals surface area contributed by atoms with E-state index in [-0.39, 0.29) is 10.6 Å². The van der Waals surface area contributed by atoms with Crippen LogP contribution in [-0.2, 0) is 28.2 Å². The lowest BCUT2D eigenvalue weighted by Gasteiger charge is -2.16. The van der Waals surface area contributed by atoms with Crippen molar-refractivity contribution in [2.24, 2.45) is 0 Å². The molecular weight excluding hydrogens is 474 g/mol. The average molecular weight is 499 g/mol.